The third-order valence-electron chi connectivity index (χ3n) is 3.85. The molecule has 0 radical (unpaired) electrons. The van der Waals surface area contributed by atoms with Crippen LogP contribution in [0.5, 0.6) is 0 Å². The number of hydrogen-bond acceptors (Lipinski definition) is 5. The van der Waals surface area contributed by atoms with Crippen LogP contribution in [-0.2, 0) is 0 Å². The molecule has 0 unspecified atom stereocenters. The second kappa shape index (κ2) is 6.52. The van der Waals surface area contributed by atoms with Gasteiger partial charge in [0.25, 0.3) is 0 Å². The quantitative estimate of drug-likeness (QED) is 0.775. The molecule has 1 aliphatic rings. The number of aromatic nitrogens is 2. The minimum absolute atomic E-state index is 0.00243. The van der Waals surface area contributed by atoms with E-state index in [1.807, 2.05) is 0 Å². The first-order chi connectivity index (χ1) is 9.19. The van der Waals surface area contributed by atoms with E-state index in [1.54, 1.807) is 13.2 Å². The lowest BCUT2D eigenvalue weighted by atomic mass is 9.74. The smallest absolute Gasteiger partial charge is 0.224 e. The number of aliphatic hydroxyl groups is 1. The molecule has 0 amide bonds. The van der Waals surface area contributed by atoms with Crippen LogP contribution >= 0.6 is 15.9 Å². The predicted octanol–water partition coefficient (Wildman–Crippen LogP) is 2.64. The zero-order valence-electron chi connectivity index (χ0n) is 11.2. The Morgan fingerprint density at radius 1 is 1.37 bits per heavy atom. The lowest BCUT2D eigenvalue weighted by Gasteiger charge is -2.35. The minimum Gasteiger partial charge on any atom is -0.396 e. The molecule has 1 fully saturated rings. The van der Waals surface area contributed by atoms with Crippen molar-refractivity contribution in [2.45, 2.75) is 32.1 Å². The summed E-state index contributed by atoms with van der Waals surface area (Å²) in [6.07, 6.45) is 7.58. The van der Waals surface area contributed by atoms with E-state index < -0.39 is 0 Å². The van der Waals surface area contributed by atoms with Crippen LogP contribution in [0, 0.1) is 5.41 Å². The van der Waals surface area contributed by atoms with Crippen molar-refractivity contribution < 1.29 is 5.11 Å². The molecule has 0 bridgehead atoms. The van der Waals surface area contributed by atoms with E-state index >= 15 is 0 Å². The zero-order valence-corrected chi connectivity index (χ0v) is 12.8. The number of halogens is 1. The first-order valence-corrected chi connectivity index (χ1v) is 7.53. The van der Waals surface area contributed by atoms with Crippen molar-refractivity contribution >= 4 is 27.7 Å². The standard InChI is InChI=1S/C13H21BrN4O/c1-15-12-16-7-10(14)11(18-12)17-8-13(9-19)5-3-2-4-6-13/h7,19H,2-6,8-9H2,1H3,(H2,15,16,17,18). The average Bonchev–Trinajstić information content (AvgIpc) is 2.47. The SMILES string of the molecule is CNc1ncc(Br)c(NCC2(CO)CCCCC2)n1. The Labute approximate surface area is 122 Å². The van der Waals surface area contributed by atoms with E-state index in [1.165, 1.54) is 19.3 Å². The molecule has 0 saturated heterocycles. The Balaban J connectivity index is 2.04. The summed E-state index contributed by atoms with van der Waals surface area (Å²) in [5, 5.41) is 16.0. The summed E-state index contributed by atoms with van der Waals surface area (Å²) in [4.78, 5) is 8.51. The summed E-state index contributed by atoms with van der Waals surface area (Å²) in [5.74, 6) is 1.37. The van der Waals surface area contributed by atoms with Gasteiger partial charge >= 0.3 is 0 Å². The fourth-order valence-electron chi connectivity index (χ4n) is 2.58. The van der Waals surface area contributed by atoms with Crippen molar-refractivity contribution in [3.63, 3.8) is 0 Å². The maximum absolute atomic E-state index is 9.69. The van der Waals surface area contributed by atoms with Gasteiger partial charge < -0.3 is 15.7 Å². The molecule has 1 aromatic rings. The van der Waals surface area contributed by atoms with Gasteiger partial charge in [-0.2, -0.15) is 4.98 Å². The van der Waals surface area contributed by atoms with Gasteiger partial charge in [-0.15, -0.1) is 0 Å². The number of nitrogens with one attached hydrogen (secondary N) is 2. The third kappa shape index (κ3) is 3.57. The van der Waals surface area contributed by atoms with Crippen molar-refractivity contribution in [2.75, 3.05) is 30.8 Å². The van der Waals surface area contributed by atoms with Crippen molar-refractivity contribution in [3.05, 3.63) is 10.7 Å². The van der Waals surface area contributed by atoms with Gasteiger partial charge in [-0.25, -0.2) is 4.98 Å². The molecular formula is C13H21BrN4O. The highest BCUT2D eigenvalue weighted by molar-refractivity contribution is 9.10. The van der Waals surface area contributed by atoms with E-state index in [4.69, 9.17) is 0 Å². The molecule has 1 heterocycles. The van der Waals surface area contributed by atoms with Gasteiger partial charge in [0.05, 0.1) is 11.1 Å². The number of rotatable bonds is 5. The molecule has 0 aromatic carbocycles. The first kappa shape index (κ1) is 14.5. The molecule has 2 rings (SSSR count). The number of hydrogen-bond donors (Lipinski definition) is 3. The van der Waals surface area contributed by atoms with E-state index in [0.717, 1.165) is 29.7 Å². The Morgan fingerprint density at radius 3 is 2.74 bits per heavy atom. The van der Waals surface area contributed by atoms with Gasteiger partial charge in [0.15, 0.2) is 0 Å². The summed E-state index contributed by atoms with van der Waals surface area (Å²) >= 11 is 3.45. The van der Waals surface area contributed by atoms with E-state index in [-0.39, 0.29) is 12.0 Å². The molecule has 0 aliphatic heterocycles. The summed E-state index contributed by atoms with van der Waals surface area (Å²) in [6.45, 7) is 0.990. The normalized spacial score (nSPS) is 18.1. The van der Waals surface area contributed by atoms with Crippen LogP contribution in [0.4, 0.5) is 11.8 Å². The van der Waals surface area contributed by atoms with Gasteiger partial charge in [0, 0.05) is 25.2 Å². The van der Waals surface area contributed by atoms with Gasteiger partial charge in [-0.1, -0.05) is 19.3 Å². The van der Waals surface area contributed by atoms with Gasteiger partial charge in [-0.3, -0.25) is 0 Å². The fourth-order valence-corrected chi connectivity index (χ4v) is 2.91. The van der Waals surface area contributed by atoms with Crippen LogP contribution in [0.15, 0.2) is 10.7 Å². The molecular weight excluding hydrogens is 308 g/mol. The highest BCUT2D eigenvalue weighted by Gasteiger charge is 2.31. The number of anilines is 2. The lowest BCUT2D eigenvalue weighted by molar-refractivity contribution is 0.0943. The molecule has 19 heavy (non-hydrogen) atoms. The maximum Gasteiger partial charge on any atom is 0.224 e. The minimum atomic E-state index is 0.00243. The fraction of sp³-hybridized carbons (Fsp3) is 0.692. The number of nitrogens with zero attached hydrogens (tertiary/aromatic N) is 2. The van der Waals surface area contributed by atoms with Crippen molar-refractivity contribution in [1.82, 2.24) is 9.97 Å². The third-order valence-corrected chi connectivity index (χ3v) is 4.43. The highest BCUT2D eigenvalue weighted by atomic mass is 79.9. The van der Waals surface area contributed by atoms with Gasteiger partial charge in [0.2, 0.25) is 5.95 Å². The van der Waals surface area contributed by atoms with Gasteiger partial charge in [-0.05, 0) is 28.8 Å². The summed E-state index contributed by atoms with van der Waals surface area (Å²) in [7, 11) is 1.80. The summed E-state index contributed by atoms with van der Waals surface area (Å²) in [5.41, 5.74) is 0.00243. The molecule has 0 spiro atoms. The monoisotopic (exact) mass is 328 g/mol. The van der Waals surface area contributed by atoms with Crippen LogP contribution < -0.4 is 10.6 Å². The number of aliphatic hydroxyl groups excluding tert-OH is 1. The molecule has 5 nitrogen and oxygen atoms in total. The zero-order chi connectivity index (χ0) is 13.7. The molecule has 1 aromatic heterocycles. The maximum atomic E-state index is 9.69. The van der Waals surface area contributed by atoms with Crippen LogP contribution in [0.25, 0.3) is 0 Å². The average molecular weight is 329 g/mol. The Hall–Kier alpha value is -0.880. The van der Waals surface area contributed by atoms with Crippen molar-refractivity contribution in [1.29, 1.82) is 0 Å². The lowest BCUT2D eigenvalue weighted by Crippen LogP contribution is -2.35. The Kier molecular flexibility index (Phi) is 4.99. The predicted molar refractivity (Wildman–Crippen MR) is 80.4 cm³/mol. The molecule has 0 atom stereocenters. The van der Waals surface area contributed by atoms with E-state index in [2.05, 4.69) is 36.5 Å². The molecule has 1 aliphatic carbocycles. The van der Waals surface area contributed by atoms with Crippen LogP contribution in [-0.4, -0.2) is 35.3 Å². The molecule has 1 saturated carbocycles. The van der Waals surface area contributed by atoms with Crippen molar-refractivity contribution in [3.8, 4) is 0 Å². The Morgan fingerprint density at radius 2 is 2.11 bits per heavy atom. The first-order valence-electron chi connectivity index (χ1n) is 6.74. The molecule has 3 N–H and O–H groups in total. The molecule has 106 valence electrons. The van der Waals surface area contributed by atoms with E-state index in [0.29, 0.717) is 5.95 Å². The Bertz CT molecular complexity index is 421. The van der Waals surface area contributed by atoms with Gasteiger partial charge in [0.1, 0.15) is 5.82 Å². The second-order valence-corrected chi connectivity index (χ2v) is 6.07. The van der Waals surface area contributed by atoms with Crippen LogP contribution in [0.3, 0.4) is 0 Å². The highest BCUT2D eigenvalue weighted by Crippen LogP contribution is 2.36. The van der Waals surface area contributed by atoms with E-state index in [9.17, 15) is 5.11 Å². The largest absolute Gasteiger partial charge is 0.396 e. The molecule has 6 heteroatoms. The van der Waals surface area contributed by atoms with Crippen molar-refractivity contribution in [2.24, 2.45) is 5.41 Å². The summed E-state index contributed by atoms with van der Waals surface area (Å²) < 4.78 is 0.843. The summed E-state index contributed by atoms with van der Waals surface area (Å²) in [6, 6.07) is 0. The topological polar surface area (TPSA) is 70.1 Å². The second-order valence-electron chi connectivity index (χ2n) is 5.21. The van der Waals surface area contributed by atoms with Crippen LogP contribution in [0.1, 0.15) is 32.1 Å². The van der Waals surface area contributed by atoms with Crippen LogP contribution in [0.2, 0.25) is 0 Å².